The number of halogens is 1. The average Bonchev–Trinajstić information content (AvgIpc) is 2.94. The summed E-state index contributed by atoms with van der Waals surface area (Å²) in [4.78, 5) is 13.0. The van der Waals surface area contributed by atoms with Gasteiger partial charge in [-0.1, -0.05) is 0 Å². The van der Waals surface area contributed by atoms with Crippen molar-refractivity contribution in [2.45, 2.75) is 19.3 Å². The minimum Gasteiger partial charge on any atom is -0.321 e. The number of aryl methyl sites for hydroxylation is 1. The van der Waals surface area contributed by atoms with Gasteiger partial charge < -0.3 is 4.57 Å². The molecule has 3 aromatic heterocycles. The Kier molecular flexibility index (Phi) is 3.01. The van der Waals surface area contributed by atoms with E-state index in [1.54, 1.807) is 23.7 Å². The maximum absolute atomic E-state index is 5.95. The van der Waals surface area contributed by atoms with Gasteiger partial charge in [0, 0.05) is 11.6 Å². The molecule has 0 unspecified atom stereocenters. The first-order valence-corrected chi connectivity index (χ1v) is 6.95. The molecule has 0 atom stereocenters. The SMILES string of the molecule is Cc1nc(Cn2c(CCl)nc3cnccc32)cs1. The molecule has 3 aromatic rings. The molecule has 3 rings (SSSR count). The normalized spacial score (nSPS) is 11.2. The number of alkyl halides is 1. The van der Waals surface area contributed by atoms with Crippen molar-refractivity contribution in [3.05, 3.63) is 40.4 Å². The van der Waals surface area contributed by atoms with Gasteiger partial charge in [-0.05, 0) is 13.0 Å². The number of hydrogen-bond acceptors (Lipinski definition) is 4. The van der Waals surface area contributed by atoms with Crippen molar-refractivity contribution in [2.75, 3.05) is 0 Å². The number of thiazole rings is 1. The molecule has 18 heavy (non-hydrogen) atoms. The Balaban J connectivity index is 2.09. The second-order valence-electron chi connectivity index (χ2n) is 3.97. The molecule has 0 amide bonds. The summed E-state index contributed by atoms with van der Waals surface area (Å²) in [6.07, 6.45) is 3.53. The predicted octanol–water partition coefficient (Wildman–Crippen LogP) is 2.98. The van der Waals surface area contributed by atoms with Gasteiger partial charge >= 0.3 is 0 Å². The van der Waals surface area contributed by atoms with Crippen molar-refractivity contribution >= 4 is 34.0 Å². The van der Waals surface area contributed by atoms with E-state index in [4.69, 9.17) is 11.6 Å². The summed E-state index contributed by atoms with van der Waals surface area (Å²) in [6, 6.07) is 1.96. The molecule has 0 bridgehead atoms. The van der Waals surface area contributed by atoms with Crippen LogP contribution in [0.15, 0.2) is 23.8 Å². The molecule has 0 saturated carbocycles. The van der Waals surface area contributed by atoms with Gasteiger partial charge in [0.2, 0.25) is 0 Å². The third-order valence-electron chi connectivity index (χ3n) is 2.74. The van der Waals surface area contributed by atoms with E-state index in [0.29, 0.717) is 12.4 Å². The average molecular weight is 279 g/mol. The zero-order valence-corrected chi connectivity index (χ0v) is 11.4. The Morgan fingerprint density at radius 1 is 1.39 bits per heavy atom. The van der Waals surface area contributed by atoms with Crippen LogP contribution in [0.4, 0.5) is 0 Å². The Hall–Kier alpha value is -1.46. The summed E-state index contributed by atoms with van der Waals surface area (Å²) in [5, 5.41) is 3.14. The van der Waals surface area contributed by atoms with Gasteiger partial charge in [-0.3, -0.25) is 4.98 Å². The van der Waals surface area contributed by atoms with E-state index < -0.39 is 0 Å². The van der Waals surface area contributed by atoms with Crippen LogP contribution < -0.4 is 0 Å². The molecule has 0 saturated heterocycles. The zero-order valence-electron chi connectivity index (χ0n) is 9.80. The van der Waals surface area contributed by atoms with Crippen molar-refractivity contribution in [3.63, 3.8) is 0 Å². The van der Waals surface area contributed by atoms with Crippen LogP contribution in [0.5, 0.6) is 0 Å². The highest BCUT2D eigenvalue weighted by Gasteiger charge is 2.11. The van der Waals surface area contributed by atoms with E-state index in [1.165, 1.54) is 0 Å². The summed E-state index contributed by atoms with van der Waals surface area (Å²) in [6.45, 7) is 2.71. The smallest absolute Gasteiger partial charge is 0.125 e. The molecule has 0 radical (unpaired) electrons. The fourth-order valence-corrected chi connectivity index (χ4v) is 2.76. The summed E-state index contributed by atoms with van der Waals surface area (Å²) >= 11 is 7.61. The van der Waals surface area contributed by atoms with E-state index in [9.17, 15) is 0 Å². The van der Waals surface area contributed by atoms with Crippen molar-refractivity contribution in [3.8, 4) is 0 Å². The van der Waals surface area contributed by atoms with Gasteiger partial charge in [-0.2, -0.15) is 0 Å². The molecule has 6 heteroatoms. The number of nitrogens with zero attached hydrogens (tertiary/aromatic N) is 4. The van der Waals surface area contributed by atoms with Crippen LogP contribution in [0.1, 0.15) is 16.5 Å². The molecule has 0 aromatic carbocycles. The molecule has 0 N–H and O–H groups in total. The lowest BCUT2D eigenvalue weighted by Crippen LogP contribution is -2.04. The lowest BCUT2D eigenvalue weighted by Gasteiger charge is -2.05. The Morgan fingerprint density at radius 3 is 3.00 bits per heavy atom. The van der Waals surface area contributed by atoms with Crippen LogP contribution in [0.2, 0.25) is 0 Å². The third-order valence-corrected chi connectivity index (χ3v) is 3.80. The predicted molar refractivity (Wildman–Crippen MR) is 73.0 cm³/mol. The van der Waals surface area contributed by atoms with E-state index in [-0.39, 0.29) is 0 Å². The molecule has 0 spiro atoms. The molecule has 4 nitrogen and oxygen atoms in total. The molecule has 0 aliphatic rings. The maximum atomic E-state index is 5.95. The first-order valence-electron chi connectivity index (χ1n) is 5.54. The number of rotatable bonds is 3. The molecule has 0 aliphatic carbocycles. The van der Waals surface area contributed by atoms with Gasteiger partial charge in [0.05, 0.1) is 34.8 Å². The molecule has 0 fully saturated rings. The second kappa shape index (κ2) is 4.66. The monoisotopic (exact) mass is 278 g/mol. The lowest BCUT2D eigenvalue weighted by atomic mass is 10.4. The van der Waals surface area contributed by atoms with Crippen LogP contribution >= 0.6 is 22.9 Å². The largest absolute Gasteiger partial charge is 0.321 e. The van der Waals surface area contributed by atoms with Crippen molar-refractivity contribution < 1.29 is 0 Å². The summed E-state index contributed by atoms with van der Waals surface area (Å²) in [5.41, 5.74) is 2.96. The standard InChI is InChI=1S/C12H11ClN4S/c1-8-15-9(7-18-8)6-17-11-2-3-14-5-10(11)16-12(17)4-13/h2-3,5,7H,4,6H2,1H3. The maximum Gasteiger partial charge on any atom is 0.125 e. The zero-order chi connectivity index (χ0) is 12.5. The van der Waals surface area contributed by atoms with Crippen LogP contribution in [0.3, 0.4) is 0 Å². The third kappa shape index (κ3) is 2.00. The summed E-state index contributed by atoms with van der Waals surface area (Å²) < 4.78 is 2.10. The summed E-state index contributed by atoms with van der Waals surface area (Å²) in [7, 11) is 0. The topological polar surface area (TPSA) is 43.6 Å². The number of pyridine rings is 1. The molecular formula is C12H11ClN4S. The minimum absolute atomic E-state index is 0.387. The lowest BCUT2D eigenvalue weighted by molar-refractivity contribution is 0.761. The van der Waals surface area contributed by atoms with Gasteiger partial charge in [0.25, 0.3) is 0 Å². The fourth-order valence-electron chi connectivity index (χ4n) is 1.95. The van der Waals surface area contributed by atoms with Crippen molar-refractivity contribution in [1.82, 2.24) is 19.5 Å². The van der Waals surface area contributed by atoms with E-state index in [2.05, 4.69) is 24.9 Å². The Labute approximate surface area is 113 Å². The van der Waals surface area contributed by atoms with Crippen molar-refractivity contribution in [1.29, 1.82) is 0 Å². The number of aromatic nitrogens is 4. The van der Waals surface area contributed by atoms with Crippen LogP contribution in [-0.4, -0.2) is 19.5 Å². The highest BCUT2D eigenvalue weighted by Crippen LogP contribution is 2.19. The number of fused-ring (bicyclic) bond motifs is 1. The van der Waals surface area contributed by atoms with Gasteiger partial charge in [0.15, 0.2) is 0 Å². The Morgan fingerprint density at radius 2 is 2.28 bits per heavy atom. The minimum atomic E-state index is 0.387. The Bertz CT molecular complexity index is 688. The van der Waals surface area contributed by atoms with Crippen molar-refractivity contribution in [2.24, 2.45) is 0 Å². The van der Waals surface area contributed by atoms with Gasteiger partial charge in [-0.15, -0.1) is 22.9 Å². The van der Waals surface area contributed by atoms with E-state index >= 15 is 0 Å². The summed E-state index contributed by atoms with van der Waals surface area (Å²) in [5.74, 6) is 1.24. The molecule has 3 heterocycles. The highest BCUT2D eigenvalue weighted by atomic mass is 35.5. The first kappa shape index (κ1) is 11.6. The number of hydrogen-bond donors (Lipinski definition) is 0. The van der Waals surface area contributed by atoms with E-state index in [1.807, 2.05) is 13.0 Å². The van der Waals surface area contributed by atoms with E-state index in [0.717, 1.165) is 27.6 Å². The van der Waals surface area contributed by atoms with Crippen LogP contribution in [0, 0.1) is 6.92 Å². The first-order chi connectivity index (χ1) is 8.78. The van der Waals surface area contributed by atoms with Crippen LogP contribution in [-0.2, 0) is 12.4 Å². The molecule has 92 valence electrons. The van der Waals surface area contributed by atoms with Gasteiger partial charge in [-0.25, -0.2) is 9.97 Å². The second-order valence-corrected chi connectivity index (χ2v) is 5.30. The quantitative estimate of drug-likeness (QED) is 0.692. The van der Waals surface area contributed by atoms with Crippen LogP contribution in [0.25, 0.3) is 11.0 Å². The fraction of sp³-hybridized carbons (Fsp3) is 0.250. The molecular weight excluding hydrogens is 268 g/mol. The van der Waals surface area contributed by atoms with Gasteiger partial charge in [0.1, 0.15) is 11.3 Å². The molecule has 0 aliphatic heterocycles. The highest BCUT2D eigenvalue weighted by molar-refractivity contribution is 7.09. The number of imidazole rings is 1.